The van der Waals surface area contributed by atoms with Gasteiger partial charge in [0.05, 0.1) is 6.04 Å². The summed E-state index contributed by atoms with van der Waals surface area (Å²) in [5.41, 5.74) is 0.0600. The van der Waals surface area contributed by atoms with E-state index in [-0.39, 0.29) is 6.42 Å². The van der Waals surface area contributed by atoms with Gasteiger partial charge in [-0.3, -0.25) is 0 Å². The molecule has 19 heavy (non-hydrogen) atoms. The second-order valence-corrected chi connectivity index (χ2v) is 5.19. The van der Waals surface area contributed by atoms with Crippen LogP contribution in [0.15, 0.2) is 30.3 Å². The molecule has 0 bridgehead atoms. The molecule has 104 valence electrons. The van der Waals surface area contributed by atoms with Gasteiger partial charge in [0.1, 0.15) is 5.60 Å². The molecule has 0 aliphatic carbocycles. The Labute approximate surface area is 112 Å². The Hall–Kier alpha value is -2.04. The van der Waals surface area contributed by atoms with E-state index in [0.29, 0.717) is 5.56 Å². The molecule has 1 amide bonds. The van der Waals surface area contributed by atoms with Crippen molar-refractivity contribution in [1.29, 1.82) is 0 Å². The number of ether oxygens (including phenoxy) is 1. The summed E-state index contributed by atoms with van der Waals surface area (Å²) in [6, 6.07) is 8.17. The van der Waals surface area contributed by atoms with Crippen LogP contribution in [0.1, 0.15) is 38.8 Å². The summed E-state index contributed by atoms with van der Waals surface area (Å²) in [5.74, 6) is -1.23. The Kier molecular flexibility index (Phi) is 4.92. The fourth-order valence-corrected chi connectivity index (χ4v) is 1.55. The average Bonchev–Trinajstić information content (AvgIpc) is 2.26. The number of amides is 1. The third kappa shape index (κ3) is 5.90. The van der Waals surface area contributed by atoms with E-state index in [2.05, 4.69) is 5.32 Å². The third-order valence-electron chi connectivity index (χ3n) is 2.26. The lowest BCUT2D eigenvalue weighted by Crippen LogP contribution is -2.37. The minimum Gasteiger partial charge on any atom is -0.550 e. The molecule has 0 fully saturated rings. The maximum Gasteiger partial charge on any atom is 0.408 e. The fraction of sp³-hybridized carbons (Fsp3) is 0.429. The number of nitrogens with one attached hydrogen (secondary N) is 1. The van der Waals surface area contributed by atoms with Crippen LogP contribution in [0, 0.1) is 0 Å². The van der Waals surface area contributed by atoms with Crippen molar-refractivity contribution in [2.45, 2.75) is 38.8 Å². The predicted molar refractivity (Wildman–Crippen MR) is 68.2 cm³/mol. The quantitative estimate of drug-likeness (QED) is 0.891. The minimum atomic E-state index is -1.23. The second-order valence-electron chi connectivity index (χ2n) is 5.19. The zero-order chi connectivity index (χ0) is 14.5. The second kappa shape index (κ2) is 6.22. The third-order valence-corrected chi connectivity index (χ3v) is 2.26. The lowest BCUT2D eigenvalue weighted by atomic mass is 10.0. The van der Waals surface area contributed by atoms with Gasteiger partial charge in [-0.25, -0.2) is 4.79 Å². The molecule has 0 aliphatic rings. The van der Waals surface area contributed by atoms with Crippen molar-refractivity contribution in [2.24, 2.45) is 0 Å². The predicted octanol–water partition coefficient (Wildman–Crippen LogP) is 1.39. The van der Waals surface area contributed by atoms with Crippen LogP contribution >= 0.6 is 0 Å². The van der Waals surface area contributed by atoms with Gasteiger partial charge in [0.25, 0.3) is 0 Å². The number of hydrogen-bond acceptors (Lipinski definition) is 4. The molecular weight excluding hydrogens is 246 g/mol. The Balaban J connectivity index is 2.76. The molecule has 0 saturated carbocycles. The highest BCUT2D eigenvalue weighted by molar-refractivity contribution is 5.71. The maximum absolute atomic E-state index is 11.7. The molecule has 0 spiro atoms. The van der Waals surface area contributed by atoms with Gasteiger partial charge in [0, 0.05) is 12.4 Å². The summed E-state index contributed by atoms with van der Waals surface area (Å²) in [6.07, 6.45) is -0.953. The number of alkyl carbamates (subject to hydrolysis) is 1. The number of carboxylic acids is 1. The SMILES string of the molecule is CC(C)(C)OC(=O)NC(CC(=O)[O-])c1ccccc1. The highest BCUT2D eigenvalue weighted by Crippen LogP contribution is 2.17. The molecule has 1 unspecified atom stereocenters. The molecular formula is C14H18NO4-. The summed E-state index contributed by atoms with van der Waals surface area (Å²) < 4.78 is 5.11. The average molecular weight is 264 g/mol. The van der Waals surface area contributed by atoms with Crippen LogP contribution in [0.3, 0.4) is 0 Å². The number of benzene rings is 1. The van der Waals surface area contributed by atoms with Gasteiger partial charge in [-0.05, 0) is 26.3 Å². The van der Waals surface area contributed by atoms with Gasteiger partial charge >= 0.3 is 6.09 Å². The van der Waals surface area contributed by atoms with E-state index in [0.717, 1.165) is 0 Å². The van der Waals surface area contributed by atoms with Crippen molar-refractivity contribution in [1.82, 2.24) is 5.32 Å². The first kappa shape index (κ1) is 15.0. The van der Waals surface area contributed by atoms with Crippen molar-refractivity contribution in [3.05, 3.63) is 35.9 Å². The zero-order valence-corrected chi connectivity index (χ0v) is 11.3. The van der Waals surface area contributed by atoms with E-state index in [1.165, 1.54) is 0 Å². The van der Waals surface area contributed by atoms with Crippen molar-refractivity contribution in [3.63, 3.8) is 0 Å². The zero-order valence-electron chi connectivity index (χ0n) is 11.3. The van der Waals surface area contributed by atoms with E-state index >= 15 is 0 Å². The van der Waals surface area contributed by atoms with Gasteiger partial charge in [-0.15, -0.1) is 0 Å². The van der Waals surface area contributed by atoms with Gasteiger partial charge in [0.15, 0.2) is 0 Å². The smallest absolute Gasteiger partial charge is 0.408 e. The molecule has 5 nitrogen and oxygen atoms in total. The first-order valence-electron chi connectivity index (χ1n) is 6.02. The van der Waals surface area contributed by atoms with E-state index in [1.807, 2.05) is 6.07 Å². The van der Waals surface area contributed by atoms with Crippen molar-refractivity contribution in [3.8, 4) is 0 Å². The number of carbonyl (C=O) groups excluding carboxylic acids is 2. The van der Waals surface area contributed by atoms with Crippen LogP contribution in [0.2, 0.25) is 0 Å². The van der Waals surface area contributed by atoms with E-state index in [9.17, 15) is 14.7 Å². The van der Waals surface area contributed by atoms with Crippen LogP contribution in [0.5, 0.6) is 0 Å². The monoisotopic (exact) mass is 264 g/mol. The van der Waals surface area contributed by atoms with Gasteiger partial charge in [-0.2, -0.15) is 0 Å². The van der Waals surface area contributed by atoms with Gasteiger partial charge < -0.3 is 20.0 Å². The van der Waals surface area contributed by atoms with Crippen LogP contribution in [-0.2, 0) is 9.53 Å². The summed E-state index contributed by atoms with van der Waals surface area (Å²) >= 11 is 0. The van der Waals surface area contributed by atoms with Crippen LogP contribution in [0.4, 0.5) is 4.79 Å². The summed E-state index contributed by atoms with van der Waals surface area (Å²) in [6.45, 7) is 5.22. The molecule has 1 N–H and O–H groups in total. The summed E-state index contributed by atoms with van der Waals surface area (Å²) in [5, 5.41) is 13.3. The van der Waals surface area contributed by atoms with Crippen molar-refractivity contribution >= 4 is 12.1 Å². The van der Waals surface area contributed by atoms with E-state index < -0.39 is 23.7 Å². The first-order valence-corrected chi connectivity index (χ1v) is 6.02. The summed E-state index contributed by atoms with van der Waals surface area (Å²) in [7, 11) is 0. The molecule has 1 aromatic carbocycles. The highest BCUT2D eigenvalue weighted by atomic mass is 16.6. The van der Waals surface area contributed by atoms with Gasteiger partial charge in [0.2, 0.25) is 0 Å². The van der Waals surface area contributed by atoms with Crippen molar-refractivity contribution < 1.29 is 19.4 Å². The summed E-state index contributed by atoms with van der Waals surface area (Å²) in [4.78, 5) is 22.4. The van der Waals surface area contributed by atoms with Gasteiger partial charge in [-0.1, -0.05) is 30.3 Å². The normalized spacial score (nSPS) is 12.6. The molecule has 0 saturated heterocycles. The topological polar surface area (TPSA) is 78.5 Å². The minimum absolute atomic E-state index is 0.302. The molecule has 0 heterocycles. The number of aliphatic carboxylic acids is 1. The number of hydrogen-bond donors (Lipinski definition) is 1. The molecule has 1 rings (SSSR count). The van der Waals surface area contributed by atoms with Crippen LogP contribution in [-0.4, -0.2) is 17.7 Å². The Morgan fingerprint density at radius 3 is 2.32 bits per heavy atom. The lowest BCUT2D eigenvalue weighted by molar-refractivity contribution is -0.306. The number of carbonyl (C=O) groups is 2. The van der Waals surface area contributed by atoms with E-state index in [1.54, 1.807) is 45.0 Å². The van der Waals surface area contributed by atoms with Crippen LogP contribution < -0.4 is 10.4 Å². The number of carboxylic acid groups (broad SMARTS) is 1. The largest absolute Gasteiger partial charge is 0.550 e. The Morgan fingerprint density at radius 2 is 1.84 bits per heavy atom. The Morgan fingerprint density at radius 1 is 1.26 bits per heavy atom. The standard InChI is InChI=1S/C14H19NO4/c1-14(2,3)19-13(18)15-11(9-12(16)17)10-7-5-4-6-8-10/h4-8,11H,9H2,1-3H3,(H,15,18)(H,16,17)/p-1. The maximum atomic E-state index is 11.7. The molecule has 1 aromatic rings. The first-order chi connectivity index (χ1) is 8.78. The highest BCUT2D eigenvalue weighted by Gasteiger charge is 2.20. The lowest BCUT2D eigenvalue weighted by Gasteiger charge is -2.24. The van der Waals surface area contributed by atoms with E-state index in [4.69, 9.17) is 4.74 Å². The van der Waals surface area contributed by atoms with Crippen LogP contribution in [0.25, 0.3) is 0 Å². The molecule has 0 radical (unpaired) electrons. The molecule has 0 aliphatic heterocycles. The molecule has 1 atom stereocenters. The fourth-order valence-electron chi connectivity index (χ4n) is 1.55. The molecule has 0 aromatic heterocycles. The Bertz CT molecular complexity index is 437. The number of rotatable bonds is 4. The van der Waals surface area contributed by atoms with Crippen molar-refractivity contribution in [2.75, 3.05) is 0 Å². The molecule has 5 heteroatoms.